The summed E-state index contributed by atoms with van der Waals surface area (Å²) in [5.41, 5.74) is 4.37. The molecule has 0 aromatic carbocycles. The monoisotopic (exact) mass is 260 g/mol. The Kier molecular flexibility index (Phi) is 2.71. The molecule has 0 spiro atoms. The van der Waals surface area contributed by atoms with Crippen LogP contribution in [0, 0.1) is 6.92 Å². The number of aromatic amines is 1. The molecule has 0 aliphatic heterocycles. The quantitative estimate of drug-likeness (QED) is 0.786. The van der Waals surface area contributed by atoms with Gasteiger partial charge in [0.2, 0.25) is 5.88 Å². The Balaban J connectivity index is 2.08. The summed E-state index contributed by atoms with van der Waals surface area (Å²) in [6.45, 7) is 4.50. The van der Waals surface area contributed by atoms with Crippen molar-refractivity contribution >= 4 is 22.5 Å². The van der Waals surface area contributed by atoms with Gasteiger partial charge in [0.05, 0.1) is 28.2 Å². The van der Waals surface area contributed by atoms with Gasteiger partial charge in [-0.1, -0.05) is 0 Å². The lowest BCUT2D eigenvalue weighted by atomic mass is 10.4. The average Bonchev–Trinajstić information content (AvgIpc) is 2.94. The molecule has 0 aliphatic rings. The fourth-order valence-electron chi connectivity index (χ4n) is 1.74. The highest BCUT2D eigenvalue weighted by atomic mass is 32.1. The van der Waals surface area contributed by atoms with E-state index >= 15 is 0 Å². The maximum Gasteiger partial charge on any atom is 0.215 e. The van der Waals surface area contributed by atoms with E-state index in [1.165, 1.54) is 0 Å². The van der Waals surface area contributed by atoms with Crippen LogP contribution in [0.15, 0.2) is 17.6 Å². The summed E-state index contributed by atoms with van der Waals surface area (Å²) < 4.78 is 5.36. The van der Waals surface area contributed by atoms with Crippen molar-refractivity contribution in [3.8, 4) is 16.6 Å². The van der Waals surface area contributed by atoms with Crippen LogP contribution in [0.3, 0.4) is 0 Å². The van der Waals surface area contributed by atoms with Gasteiger partial charge in [0.1, 0.15) is 0 Å². The molecule has 3 rings (SSSR count). The molecule has 1 N–H and O–H groups in total. The number of thiazole rings is 1. The van der Waals surface area contributed by atoms with Crippen molar-refractivity contribution in [3.05, 3.63) is 23.3 Å². The van der Waals surface area contributed by atoms with E-state index in [9.17, 15) is 0 Å². The predicted molar refractivity (Wildman–Crippen MR) is 70.9 cm³/mol. The third kappa shape index (κ3) is 1.84. The number of fused-ring (bicyclic) bond motifs is 1. The number of rotatable bonds is 3. The van der Waals surface area contributed by atoms with E-state index in [1.807, 2.05) is 31.5 Å². The third-order valence-corrected chi connectivity index (χ3v) is 3.51. The van der Waals surface area contributed by atoms with E-state index in [4.69, 9.17) is 4.74 Å². The number of pyridine rings is 1. The van der Waals surface area contributed by atoms with Crippen LogP contribution < -0.4 is 4.74 Å². The van der Waals surface area contributed by atoms with Gasteiger partial charge in [-0.25, -0.2) is 9.97 Å². The maximum atomic E-state index is 5.36. The highest BCUT2D eigenvalue weighted by Gasteiger charge is 2.11. The van der Waals surface area contributed by atoms with Crippen LogP contribution in [0.2, 0.25) is 0 Å². The fourth-order valence-corrected chi connectivity index (χ4v) is 2.49. The molecule has 0 fully saturated rings. The molecule has 0 radical (unpaired) electrons. The van der Waals surface area contributed by atoms with Gasteiger partial charge in [-0.15, -0.1) is 11.3 Å². The lowest BCUT2D eigenvalue weighted by molar-refractivity contribution is 0.328. The van der Waals surface area contributed by atoms with E-state index in [-0.39, 0.29) is 0 Å². The molecule has 3 aromatic rings. The maximum absolute atomic E-state index is 5.36. The third-order valence-electron chi connectivity index (χ3n) is 2.57. The number of nitrogens with zero attached hydrogens (tertiary/aromatic N) is 3. The summed E-state index contributed by atoms with van der Waals surface area (Å²) in [5, 5.41) is 0. The van der Waals surface area contributed by atoms with Crippen molar-refractivity contribution in [2.75, 3.05) is 6.61 Å². The number of hydrogen-bond acceptors (Lipinski definition) is 5. The summed E-state index contributed by atoms with van der Waals surface area (Å²) in [7, 11) is 0. The fraction of sp³-hybridized carbons (Fsp3) is 0.250. The molecule has 5 nitrogen and oxygen atoms in total. The van der Waals surface area contributed by atoms with Gasteiger partial charge >= 0.3 is 0 Å². The van der Waals surface area contributed by atoms with Crippen LogP contribution >= 0.6 is 11.3 Å². The van der Waals surface area contributed by atoms with E-state index in [0.717, 1.165) is 21.9 Å². The van der Waals surface area contributed by atoms with Crippen LogP contribution in [0.25, 0.3) is 21.9 Å². The average molecular weight is 260 g/mol. The first kappa shape index (κ1) is 11.2. The van der Waals surface area contributed by atoms with Gasteiger partial charge in [0.25, 0.3) is 0 Å². The number of H-pyrrole nitrogens is 1. The van der Waals surface area contributed by atoms with E-state index in [0.29, 0.717) is 18.1 Å². The Bertz CT molecular complexity index is 688. The number of nitrogens with one attached hydrogen (secondary N) is 1. The van der Waals surface area contributed by atoms with Crippen molar-refractivity contribution in [1.82, 2.24) is 19.9 Å². The van der Waals surface area contributed by atoms with Crippen LogP contribution in [0.5, 0.6) is 5.88 Å². The second-order valence-electron chi connectivity index (χ2n) is 3.81. The zero-order chi connectivity index (χ0) is 12.5. The molecular weight excluding hydrogens is 248 g/mol. The molecule has 3 aromatic heterocycles. The van der Waals surface area contributed by atoms with Crippen molar-refractivity contribution in [1.29, 1.82) is 0 Å². The number of ether oxygens (including phenoxy) is 1. The first-order chi connectivity index (χ1) is 8.78. The number of aryl methyl sites for hydroxylation is 1. The topological polar surface area (TPSA) is 63.7 Å². The van der Waals surface area contributed by atoms with Crippen LogP contribution in [-0.4, -0.2) is 26.5 Å². The highest BCUT2D eigenvalue weighted by molar-refractivity contribution is 7.13. The largest absolute Gasteiger partial charge is 0.478 e. The molecule has 18 heavy (non-hydrogen) atoms. The predicted octanol–water partition coefficient (Wildman–Crippen LogP) is 2.79. The van der Waals surface area contributed by atoms with Crippen LogP contribution in [0.1, 0.15) is 12.6 Å². The second-order valence-corrected chi connectivity index (χ2v) is 4.66. The Hall–Kier alpha value is -1.95. The van der Waals surface area contributed by atoms with E-state index in [1.54, 1.807) is 11.3 Å². The summed E-state index contributed by atoms with van der Waals surface area (Å²) in [6.07, 6.45) is 0. The molecule has 92 valence electrons. The molecule has 0 amide bonds. The van der Waals surface area contributed by atoms with Crippen LogP contribution in [0.4, 0.5) is 0 Å². The smallest absolute Gasteiger partial charge is 0.215 e. The number of aromatic nitrogens is 4. The molecule has 0 unspecified atom stereocenters. The summed E-state index contributed by atoms with van der Waals surface area (Å²) in [4.78, 5) is 17.3. The van der Waals surface area contributed by atoms with Gasteiger partial charge in [-0.05, 0) is 19.9 Å². The molecule has 0 aliphatic carbocycles. The van der Waals surface area contributed by atoms with Gasteiger partial charge in [-0.2, -0.15) is 4.98 Å². The Labute approximate surface area is 108 Å². The van der Waals surface area contributed by atoms with E-state index in [2.05, 4.69) is 19.9 Å². The van der Waals surface area contributed by atoms with Crippen molar-refractivity contribution in [2.45, 2.75) is 13.8 Å². The summed E-state index contributed by atoms with van der Waals surface area (Å²) in [5.74, 6) is 1.41. The minimum atomic E-state index is 0.601. The minimum absolute atomic E-state index is 0.601. The molecular formula is C12H12N4OS. The summed E-state index contributed by atoms with van der Waals surface area (Å²) >= 11 is 1.57. The zero-order valence-electron chi connectivity index (χ0n) is 10.1. The zero-order valence-corrected chi connectivity index (χ0v) is 10.9. The van der Waals surface area contributed by atoms with Gasteiger partial charge in [0.15, 0.2) is 11.5 Å². The number of imidazole rings is 1. The summed E-state index contributed by atoms with van der Waals surface area (Å²) in [6, 6.07) is 3.77. The van der Waals surface area contributed by atoms with Crippen molar-refractivity contribution < 1.29 is 4.74 Å². The lowest BCUT2D eigenvalue weighted by Gasteiger charge is -1.99. The molecule has 0 saturated carbocycles. The van der Waals surface area contributed by atoms with Gasteiger partial charge in [0, 0.05) is 6.07 Å². The molecule has 3 heterocycles. The van der Waals surface area contributed by atoms with E-state index < -0.39 is 0 Å². The Morgan fingerprint density at radius 2 is 2.22 bits per heavy atom. The molecule has 6 heteroatoms. The SMILES string of the molecule is CCOc1ccc2[nH]c(-c3scnc3C)nc2n1. The second kappa shape index (κ2) is 4.38. The minimum Gasteiger partial charge on any atom is -0.478 e. The van der Waals surface area contributed by atoms with Gasteiger partial charge < -0.3 is 9.72 Å². The van der Waals surface area contributed by atoms with Gasteiger partial charge in [-0.3, -0.25) is 0 Å². The lowest BCUT2D eigenvalue weighted by Crippen LogP contribution is -1.93. The molecule has 0 bridgehead atoms. The van der Waals surface area contributed by atoms with Crippen LogP contribution in [-0.2, 0) is 0 Å². The highest BCUT2D eigenvalue weighted by Crippen LogP contribution is 2.26. The Morgan fingerprint density at radius 1 is 1.33 bits per heavy atom. The first-order valence-electron chi connectivity index (χ1n) is 5.68. The Morgan fingerprint density at radius 3 is 2.94 bits per heavy atom. The molecule has 0 saturated heterocycles. The standard InChI is InChI=1S/C12H12N4OS/c1-3-17-9-5-4-8-11(15-9)16-12(14-8)10-7(2)13-6-18-10/h4-6H,3H2,1-2H3,(H,14,15,16). The van der Waals surface area contributed by atoms with Crippen molar-refractivity contribution in [3.63, 3.8) is 0 Å². The number of hydrogen-bond donors (Lipinski definition) is 1. The van der Waals surface area contributed by atoms with Crippen molar-refractivity contribution in [2.24, 2.45) is 0 Å². The first-order valence-corrected chi connectivity index (χ1v) is 6.56. The molecule has 0 atom stereocenters. The normalized spacial score (nSPS) is 11.0.